The molecule has 1 fully saturated rings. The van der Waals surface area contributed by atoms with Gasteiger partial charge in [-0.2, -0.15) is 0 Å². The van der Waals surface area contributed by atoms with E-state index in [9.17, 15) is 14.7 Å². The number of aliphatic hydroxyl groups excluding tert-OH is 1. The molecule has 2 unspecified atom stereocenters. The fourth-order valence-corrected chi connectivity index (χ4v) is 4.16. The highest BCUT2D eigenvalue weighted by atomic mass is 79.9. The molecule has 0 spiro atoms. The lowest BCUT2D eigenvalue weighted by Crippen LogP contribution is -2.46. The predicted molar refractivity (Wildman–Crippen MR) is 88.2 cm³/mol. The first-order valence-corrected chi connectivity index (χ1v) is 8.73. The molecule has 1 saturated heterocycles. The summed E-state index contributed by atoms with van der Waals surface area (Å²) in [7, 11) is 0. The minimum Gasteiger partial charge on any atom is -0.391 e. The van der Waals surface area contributed by atoms with E-state index in [0.29, 0.717) is 16.6 Å². The van der Waals surface area contributed by atoms with Gasteiger partial charge in [-0.15, -0.1) is 11.3 Å². The molecule has 2 aromatic rings. The molecule has 0 aromatic carbocycles. The topological polar surface area (TPSA) is 84.2 Å². The molecule has 8 heteroatoms. The number of Topliss-reactive ketones (excluding diaryl/α,β-unsaturated/α-hetero) is 1. The van der Waals surface area contributed by atoms with Crippen molar-refractivity contribution in [2.45, 2.75) is 38.0 Å². The fourth-order valence-electron chi connectivity index (χ4n) is 2.67. The van der Waals surface area contributed by atoms with E-state index in [4.69, 9.17) is 0 Å². The molecule has 1 aliphatic rings. The van der Waals surface area contributed by atoms with Crippen LogP contribution in [0.4, 0.5) is 0 Å². The lowest BCUT2D eigenvalue weighted by molar-refractivity contribution is -0.121. The summed E-state index contributed by atoms with van der Waals surface area (Å²) in [5.41, 5.74) is 0.432. The Balaban J connectivity index is 1.73. The molecule has 0 radical (unpaired) electrons. The number of halogens is 1. The van der Waals surface area contributed by atoms with Crippen LogP contribution in [-0.4, -0.2) is 39.1 Å². The van der Waals surface area contributed by atoms with E-state index in [1.54, 1.807) is 6.07 Å². The summed E-state index contributed by atoms with van der Waals surface area (Å²) in [4.78, 5) is 28.7. The van der Waals surface area contributed by atoms with Crippen molar-refractivity contribution in [3.05, 3.63) is 26.5 Å². The number of ketones is 1. The number of hydrogen-bond donors (Lipinski definition) is 2. The number of nitrogens with one attached hydrogen (secondary N) is 1. The van der Waals surface area contributed by atoms with Crippen LogP contribution in [0.3, 0.4) is 0 Å². The van der Waals surface area contributed by atoms with Crippen molar-refractivity contribution in [2.24, 2.45) is 0 Å². The van der Waals surface area contributed by atoms with Gasteiger partial charge in [-0.05, 0) is 41.4 Å². The van der Waals surface area contributed by atoms with Crippen molar-refractivity contribution in [3.63, 3.8) is 0 Å². The Morgan fingerprint density at radius 2 is 2.41 bits per heavy atom. The second kappa shape index (κ2) is 6.57. The molecule has 0 amide bonds. The Morgan fingerprint density at radius 1 is 1.59 bits per heavy atom. The number of hydrogen-bond acceptors (Lipinski definition) is 6. The zero-order valence-corrected chi connectivity index (χ0v) is 14.2. The molecule has 22 heavy (non-hydrogen) atoms. The van der Waals surface area contributed by atoms with Crippen LogP contribution in [-0.2, 0) is 11.3 Å². The molecule has 1 aliphatic heterocycles. The molecular formula is C14H16BrN3O3S. The minimum absolute atomic E-state index is 0.0117. The van der Waals surface area contributed by atoms with E-state index in [2.05, 4.69) is 26.2 Å². The molecule has 0 aliphatic carbocycles. The maximum absolute atomic E-state index is 12.3. The maximum atomic E-state index is 12.3. The van der Waals surface area contributed by atoms with Gasteiger partial charge in [0.05, 0.1) is 28.3 Å². The van der Waals surface area contributed by atoms with E-state index in [-0.39, 0.29) is 30.3 Å². The zero-order chi connectivity index (χ0) is 15.7. The quantitative estimate of drug-likeness (QED) is 0.828. The predicted octanol–water partition coefficient (Wildman–Crippen LogP) is 1.29. The minimum atomic E-state index is -0.497. The van der Waals surface area contributed by atoms with Crippen LogP contribution >= 0.6 is 27.3 Å². The van der Waals surface area contributed by atoms with Crippen molar-refractivity contribution >= 4 is 43.3 Å². The summed E-state index contributed by atoms with van der Waals surface area (Å²) >= 11 is 4.65. The smallest absolute Gasteiger partial charge is 0.271 e. The summed E-state index contributed by atoms with van der Waals surface area (Å²) in [6, 6.07) is 1.57. The summed E-state index contributed by atoms with van der Waals surface area (Å²) < 4.78 is 2.71. The van der Waals surface area contributed by atoms with Gasteiger partial charge in [0, 0.05) is 12.5 Å². The third kappa shape index (κ3) is 3.29. The van der Waals surface area contributed by atoms with Crippen LogP contribution in [0.25, 0.3) is 10.2 Å². The number of rotatable bonds is 4. The first-order chi connectivity index (χ1) is 10.5. The van der Waals surface area contributed by atoms with Gasteiger partial charge in [-0.3, -0.25) is 14.2 Å². The van der Waals surface area contributed by atoms with Crippen LogP contribution in [0.1, 0.15) is 19.3 Å². The molecule has 2 N–H and O–H groups in total. The first-order valence-electron chi connectivity index (χ1n) is 7.12. The molecule has 3 rings (SSSR count). The molecule has 3 heterocycles. The zero-order valence-electron chi connectivity index (χ0n) is 11.8. The van der Waals surface area contributed by atoms with Crippen molar-refractivity contribution in [1.29, 1.82) is 0 Å². The fraction of sp³-hybridized carbons (Fsp3) is 0.500. The molecule has 0 saturated carbocycles. The SMILES string of the molecule is O=C(CC1NCCCC1O)Cn1cnc2cc(Br)sc2c1=O. The molecule has 6 nitrogen and oxygen atoms in total. The summed E-state index contributed by atoms with van der Waals surface area (Å²) in [6.07, 6.45) is 2.76. The van der Waals surface area contributed by atoms with Gasteiger partial charge in [-0.1, -0.05) is 0 Å². The maximum Gasteiger partial charge on any atom is 0.271 e. The number of carbonyl (C=O) groups is 1. The van der Waals surface area contributed by atoms with Crippen LogP contribution < -0.4 is 10.9 Å². The molecular weight excluding hydrogens is 370 g/mol. The number of piperidine rings is 1. The standard InChI is InChI=1S/C14H16BrN3O3S/c15-12-5-10-13(22-12)14(21)18(7-17-10)6-8(19)4-9-11(20)2-1-3-16-9/h5,7,9,11,16,20H,1-4,6H2. The average molecular weight is 386 g/mol. The van der Waals surface area contributed by atoms with E-state index in [0.717, 1.165) is 16.8 Å². The highest BCUT2D eigenvalue weighted by Crippen LogP contribution is 2.25. The third-order valence-corrected chi connectivity index (χ3v) is 5.43. The molecule has 118 valence electrons. The molecule has 2 aromatic heterocycles. The molecule has 2 atom stereocenters. The van der Waals surface area contributed by atoms with Crippen molar-refractivity contribution in [1.82, 2.24) is 14.9 Å². The number of fused-ring (bicyclic) bond motifs is 1. The lowest BCUT2D eigenvalue weighted by atomic mass is 9.97. The Bertz CT molecular complexity index is 757. The van der Waals surface area contributed by atoms with Crippen molar-refractivity contribution in [3.8, 4) is 0 Å². The summed E-state index contributed by atoms with van der Waals surface area (Å²) in [6.45, 7) is 0.799. The van der Waals surface area contributed by atoms with Gasteiger partial charge in [-0.25, -0.2) is 4.98 Å². The summed E-state index contributed by atoms with van der Waals surface area (Å²) in [5.74, 6) is -0.0858. The largest absolute Gasteiger partial charge is 0.391 e. The average Bonchev–Trinajstić information content (AvgIpc) is 2.86. The Kier molecular flexibility index (Phi) is 4.72. The molecule has 0 bridgehead atoms. The highest BCUT2D eigenvalue weighted by molar-refractivity contribution is 9.11. The highest BCUT2D eigenvalue weighted by Gasteiger charge is 2.25. The summed E-state index contributed by atoms with van der Waals surface area (Å²) in [5, 5.41) is 13.0. The number of aromatic nitrogens is 2. The van der Waals surface area contributed by atoms with Gasteiger partial charge >= 0.3 is 0 Å². The van der Waals surface area contributed by atoms with Crippen molar-refractivity contribution in [2.75, 3.05) is 6.54 Å². The third-order valence-electron chi connectivity index (χ3n) is 3.82. The normalized spacial score (nSPS) is 22.1. The van der Waals surface area contributed by atoms with Gasteiger partial charge < -0.3 is 10.4 Å². The number of aliphatic hydroxyl groups is 1. The van der Waals surface area contributed by atoms with E-state index >= 15 is 0 Å². The van der Waals surface area contributed by atoms with E-state index in [1.165, 1.54) is 22.2 Å². The van der Waals surface area contributed by atoms with Gasteiger partial charge in [0.2, 0.25) is 0 Å². The van der Waals surface area contributed by atoms with Crippen LogP contribution in [0, 0.1) is 0 Å². The van der Waals surface area contributed by atoms with Crippen LogP contribution in [0.5, 0.6) is 0 Å². The second-order valence-electron chi connectivity index (χ2n) is 5.46. The van der Waals surface area contributed by atoms with Crippen molar-refractivity contribution < 1.29 is 9.90 Å². The second-order valence-corrected chi connectivity index (χ2v) is 7.89. The van der Waals surface area contributed by atoms with Crippen LogP contribution in [0.2, 0.25) is 0 Å². The Morgan fingerprint density at radius 3 is 3.18 bits per heavy atom. The number of nitrogens with zero attached hydrogens (tertiary/aromatic N) is 2. The van der Waals surface area contributed by atoms with Gasteiger partial charge in [0.15, 0.2) is 5.78 Å². The first kappa shape index (κ1) is 15.8. The van der Waals surface area contributed by atoms with Gasteiger partial charge in [0.25, 0.3) is 5.56 Å². The van der Waals surface area contributed by atoms with Crippen LogP contribution in [0.15, 0.2) is 21.0 Å². The lowest BCUT2D eigenvalue weighted by Gasteiger charge is -2.28. The Labute approximate surface area is 139 Å². The number of carbonyl (C=O) groups excluding carboxylic acids is 1. The Hall–Kier alpha value is -1.09. The van der Waals surface area contributed by atoms with E-state index < -0.39 is 6.10 Å². The van der Waals surface area contributed by atoms with E-state index in [1.807, 2.05) is 0 Å². The monoisotopic (exact) mass is 385 g/mol. The number of thiophene rings is 1. The van der Waals surface area contributed by atoms with Gasteiger partial charge in [0.1, 0.15) is 4.70 Å².